The zero-order chi connectivity index (χ0) is 28.3. The molecule has 2 heterocycles. The maximum absolute atomic E-state index is 13.2. The van der Waals surface area contributed by atoms with E-state index >= 15 is 0 Å². The van der Waals surface area contributed by atoms with Crippen LogP contribution < -0.4 is 20.7 Å². The van der Waals surface area contributed by atoms with E-state index in [-0.39, 0.29) is 48.1 Å². The van der Waals surface area contributed by atoms with Crippen LogP contribution in [0.25, 0.3) is 0 Å². The first-order valence-corrected chi connectivity index (χ1v) is 13.7. The van der Waals surface area contributed by atoms with Gasteiger partial charge in [-0.25, -0.2) is 0 Å². The van der Waals surface area contributed by atoms with Gasteiger partial charge in [0, 0.05) is 27.4 Å². The highest BCUT2D eigenvalue weighted by Crippen LogP contribution is 2.59. The van der Waals surface area contributed by atoms with Crippen LogP contribution in [0.2, 0.25) is 0 Å². The molecule has 3 atom stereocenters. The zero-order valence-electron chi connectivity index (χ0n) is 21.8. The molecule has 4 N–H and O–H groups in total. The highest BCUT2D eigenvalue weighted by atomic mass is 32.1. The molecule has 11 heteroatoms. The molecular formula is C29H28N6O4S. The van der Waals surface area contributed by atoms with Gasteiger partial charge in [0.15, 0.2) is 6.19 Å². The molecular weight excluding hydrogens is 528 g/mol. The molecule has 1 aromatic heterocycles. The summed E-state index contributed by atoms with van der Waals surface area (Å²) in [5, 5.41) is 26.1. The monoisotopic (exact) mass is 556 g/mol. The van der Waals surface area contributed by atoms with Crippen LogP contribution in [0.4, 0.5) is 0 Å². The van der Waals surface area contributed by atoms with E-state index < -0.39 is 6.04 Å². The van der Waals surface area contributed by atoms with Gasteiger partial charge in [0.2, 0.25) is 11.8 Å². The highest BCUT2D eigenvalue weighted by molar-refractivity contribution is 7.10. The van der Waals surface area contributed by atoms with Crippen LogP contribution in [0.3, 0.4) is 0 Å². The Morgan fingerprint density at radius 1 is 1.07 bits per heavy atom. The summed E-state index contributed by atoms with van der Waals surface area (Å²) in [4.78, 5) is 41.5. The molecule has 0 spiro atoms. The maximum atomic E-state index is 13.2. The normalized spacial score (nSPS) is 20.6. The van der Waals surface area contributed by atoms with Crippen molar-refractivity contribution in [3.63, 3.8) is 0 Å². The summed E-state index contributed by atoms with van der Waals surface area (Å²) in [6.07, 6.45) is 3.12. The van der Waals surface area contributed by atoms with Crippen molar-refractivity contribution in [2.24, 2.45) is 5.41 Å². The minimum absolute atomic E-state index is 0.00425. The largest absolute Gasteiger partial charge is 0.457 e. The number of ether oxygens (including phenoxy) is 1. The number of piperidine rings is 1. The molecule has 2 fully saturated rings. The summed E-state index contributed by atoms with van der Waals surface area (Å²) < 4.78 is 5.75. The fraction of sp³-hybridized carbons (Fsp3) is 0.276. The number of thiophene rings is 1. The molecule has 5 rings (SSSR count). The molecule has 204 valence electrons. The Morgan fingerprint density at radius 3 is 2.52 bits per heavy atom. The number of hydrogen-bond acceptors (Lipinski definition) is 7. The van der Waals surface area contributed by atoms with Crippen LogP contribution in [-0.4, -0.2) is 47.1 Å². The summed E-state index contributed by atoms with van der Waals surface area (Å²) in [6, 6.07) is 17.1. The lowest BCUT2D eigenvalue weighted by molar-refractivity contribution is -0.139. The number of amides is 3. The summed E-state index contributed by atoms with van der Waals surface area (Å²) in [6.45, 7) is 2.12. The summed E-state index contributed by atoms with van der Waals surface area (Å²) in [5.74, 6) is 0.350. The predicted molar refractivity (Wildman–Crippen MR) is 149 cm³/mol. The molecule has 1 aliphatic carbocycles. The average Bonchev–Trinajstić information content (AvgIpc) is 3.26. The van der Waals surface area contributed by atoms with Crippen LogP contribution in [0.15, 0.2) is 66.0 Å². The van der Waals surface area contributed by atoms with E-state index in [0.29, 0.717) is 29.0 Å². The van der Waals surface area contributed by atoms with Gasteiger partial charge in [-0.3, -0.25) is 25.1 Å². The third-order valence-corrected chi connectivity index (χ3v) is 8.22. The number of likely N-dealkylation sites (tertiary alicyclic amines) is 1. The Kier molecular flexibility index (Phi) is 7.53. The minimum atomic E-state index is -0.611. The number of fused-ring (bicyclic) bond motifs is 1. The van der Waals surface area contributed by atoms with Crippen LogP contribution in [0, 0.1) is 22.3 Å². The second kappa shape index (κ2) is 11.2. The molecule has 3 aromatic rings. The number of benzene rings is 2. The van der Waals surface area contributed by atoms with Crippen molar-refractivity contribution >= 4 is 34.9 Å². The number of rotatable bonds is 9. The summed E-state index contributed by atoms with van der Waals surface area (Å²) in [5.41, 5.74) is 0.870. The number of nitriles is 1. The number of amidine groups is 1. The van der Waals surface area contributed by atoms with Gasteiger partial charge in [0.1, 0.15) is 23.4 Å². The number of carbonyl (C=O) groups is 3. The van der Waals surface area contributed by atoms with E-state index in [2.05, 4.69) is 22.9 Å². The predicted octanol–water partition coefficient (Wildman–Crippen LogP) is 3.36. The molecule has 1 saturated carbocycles. The van der Waals surface area contributed by atoms with Gasteiger partial charge >= 0.3 is 0 Å². The second-order valence-electron chi connectivity index (χ2n) is 10.1. The van der Waals surface area contributed by atoms with Crippen molar-refractivity contribution in [3.05, 3.63) is 82.0 Å². The highest BCUT2D eigenvalue weighted by Gasteiger charge is 2.64. The van der Waals surface area contributed by atoms with E-state index in [0.717, 1.165) is 11.3 Å². The fourth-order valence-corrected chi connectivity index (χ4v) is 5.85. The van der Waals surface area contributed by atoms with Gasteiger partial charge in [0.05, 0.1) is 13.1 Å². The molecule has 10 nitrogen and oxygen atoms in total. The van der Waals surface area contributed by atoms with E-state index in [1.807, 2.05) is 30.3 Å². The Bertz CT molecular complexity index is 1480. The van der Waals surface area contributed by atoms with Gasteiger partial charge in [-0.2, -0.15) is 5.26 Å². The topological polar surface area (TPSA) is 147 Å². The van der Waals surface area contributed by atoms with Crippen LogP contribution in [0.5, 0.6) is 11.5 Å². The zero-order valence-corrected chi connectivity index (χ0v) is 22.6. The van der Waals surface area contributed by atoms with E-state index in [1.54, 1.807) is 46.8 Å². The van der Waals surface area contributed by atoms with Crippen LogP contribution >= 0.6 is 11.3 Å². The Morgan fingerprint density at radius 2 is 1.80 bits per heavy atom. The summed E-state index contributed by atoms with van der Waals surface area (Å²) in [7, 11) is 0. The maximum Gasteiger partial charge on any atom is 0.251 e. The second-order valence-corrected chi connectivity index (χ2v) is 11.1. The van der Waals surface area contributed by atoms with Gasteiger partial charge in [-0.05, 0) is 60.7 Å². The van der Waals surface area contributed by atoms with Gasteiger partial charge in [0.25, 0.3) is 5.91 Å². The molecule has 0 unspecified atom stereocenters. The molecule has 0 bridgehead atoms. The first kappa shape index (κ1) is 26.9. The van der Waals surface area contributed by atoms with Crippen molar-refractivity contribution in [1.29, 1.82) is 10.7 Å². The first-order valence-electron chi connectivity index (χ1n) is 12.8. The molecule has 0 radical (unpaired) electrons. The van der Waals surface area contributed by atoms with Crippen molar-refractivity contribution in [2.75, 3.05) is 6.54 Å². The lowest BCUT2D eigenvalue weighted by atomic mass is 10.0. The molecule has 40 heavy (non-hydrogen) atoms. The molecule has 1 saturated heterocycles. The Labute approximate surface area is 235 Å². The van der Waals surface area contributed by atoms with E-state index in [1.165, 1.54) is 11.3 Å². The molecule has 3 amide bonds. The van der Waals surface area contributed by atoms with E-state index in [9.17, 15) is 14.4 Å². The van der Waals surface area contributed by atoms with Crippen molar-refractivity contribution < 1.29 is 19.1 Å². The first-order chi connectivity index (χ1) is 19.3. The Balaban J connectivity index is 1.15. The number of carbonyl (C=O) groups excluding carboxylic acids is 3. The third kappa shape index (κ3) is 5.82. The van der Waals surface area contributed by atoms with E-state index in [4.69, 9.17) is 15.4 Å². The fourth-order valence-electron chi connectivity index (χ4n) is 5.03. The molecule has 2 aliphatic rings. The average molecular weight is 557 g/mol. The van der Waals surface area contributed by atoms with Crippen molar-refractivity contribution in [1.82, 2.24) is 20.9 Å². The van der Waals surface area contributed by atoms with Crippen LogP contribution in [0.1, 0.15) is 40.6 Å². The molecule has 1 aliphatic heterocycles. The minimum Gasteiger partial charge on any atom is -0.457 e. The van der Waals surface area contributed by atoms with Gasteiger partial charge < -0.3 is 20.3 Å². The van der Waals surface area contributed by atoms with Gasteiger partial charge in [-0.15, -0.1) is 11.3 Å². The lowest BCUT2D eigenvalue weighted by Crippen LogP contribution is -2.50. The van der Waals surface area contributed by atoms with Gasteiger partial charge in [-0.1, -0.05) is 25.1 Å². The summed E-state index contributed by atoms with van der Waals surface area (Å²) >= 11 is 1.37. The number of nitrogens with zero attached hydrogens (tertiary/aromatic N) is 2. The third-order valence-electron chi connectivity index (χ3n) is 7.28. The number of nitrogens with one attached hydrogen (secondary N) is 4. The SMILES string of the molecule is C[C@@]12C[C@@H]1N(C(=O)CNC(=O)c1ccc(Oc3ccccc3)cc1)[C@H](C(=O)NCc1cc(C(=N)NC#N)cs1)C2. The number of para-hydroxylation sites is 1. The van der Waals surface area contributed by atoms with Crippen molar-refractivity contribution in [2.45, 2.75) is 38.4 Å². The number of hydrogen-bond donors (Lipinski definition) is 4. The smallest absolute Gasteiger partial charge is 0.251 e. The quantitative estimate of drug-likeness (QED) is 0.138. The Hall–Kier alpha value is -4.69. The molecule has 2 aromatic carbocycles. The van der Waals surface area contributed by atoms with Crippen molar-refractivity contribution in [3.8, 4) is 17.7 Å². The lowest BCUT2D eigenvalue weighted by Gasteiger charge is -2.27. The standard InChI is InChI=1S/C29H28N6O4S/c1-29-12-23(28(38)32-14-22-11-19(16-40-22)26(31)34-17-30)35(24(29)13-29)25(36)15-33-27(37)18-7-9-21(10-8-18)39-20-5-3-2-4-6-20/h2-11,16,23-24H,12-15H2,1H3,(H2,31,34)(H,32,38)(H,33,37)/t23-,24-,29+/m0/s1. The van der Waals surface area contributed by atoms with Crippen LogP contribution in [-0.2, 0) is 16.1 Å².